The minimum atomic E-state index is -0.0530. The van der Waals surface area contributed by atoms with Crippen molar-refractivity contribution in [3.63, 3.8) is 0 Å². The number of rotatable bonds is 5. The van der Waals surface area contributed by atoms with Crippen LogP contribution in [0, 0.1) is 0 Å². The van der Waals surface area contributed by atoms with Crippen molar-refractivity contribution >= 4 is 33.2 Å². The maximum Gasteiger partial charge on any atom is 0.120 e. The van der Waals surface area contributed by atoms with Crippen molar-refractivity contribution in [2.75, 3.05) is 19.0 Å². The van der Waals surface area contributed by atoms with Crippen molar-refractivity contribution in [2.45, 2.75) is 6.04 Å². The van der Waals surface area contributed by atoms with Crippen LogP contribution in [0.15, 0.2) is 46.9 Å². The van der Waals surface area contributed by atoms with Gasteiger partial charge in [-0.05, 0) is 29.8 Å². The molecule has 1 atom stereocenters. The lowest BCUT2D eigenvalue weighted by atomic mass is 10.1. The van der Waals surface area contributed by atoms with Gasteiger partial charge in [-0.15, -0.1) is 0 Å². The summed E-state index contributed by atoms with van der Waals surface area (Å²) in [5.74, 6) is 0.799. The van der Waals surface area contributed by atoms with Crippen molar-refractivity contribution in [1.82, 2.24) is 0 Å². The molecule has 0 saturated carbocycles. The predicted octanol–water partition coefficient (Wildman–Crippen LogP) is 4.22. The summed E-state index contributed by atoms with van der Waals surface area (Å²) < 4.78 is 6.16. The van der Waals surface area contributed by atoms with E-state index in [2.05, 4.69) is 21.2 Å². The molecule has 2 rings (SSSR count). The van der Waals surface area contributed by atoms with E-state index in [1.807, 2.05) is 42.5 Å². The molecule has 0 aliphatic heterocycles. The van der Waals surface area contributed by atoms with Crippen LogP contribution in [0.3, 0.4) is 0 Å². The van der Waals surface area contributed by atoms with Gasteiger partial charge in [0.15, 0.2) is 0 Å². The maximum atomic E-state index is 6.28. The van der Waals surface area contributed by atoms with Crippen LogP contribution in [0.1, 0.15) is 11.6 Å². The Morgan fingerprint density at radius 3 is 2.75 bits per heavy atom. The molecule has 20 heavy (non-hydrogen) atoms. The van der Waals surface area contributed by atoms with Gasteiger partial charge in [-0.1, -0.05) is 39.7 Å². The van der Waals surface area contributed by atoms with Gasteiger partial charge in [0.25, 0.3) is 0 Å². The van der Waals surface area contributed by atoms with E-state index >= 15 is 0 Å². The first-order valence-electron chi connectivity index (χ1n) is 6.19. The quantitative estimate of drug-likeness (QED) is 0.844. The summed E-state index contributed by atoms with van der Waals surface area (Å²) in [6.45, 7) is 0.443. The Labute approximate surface area is 132 Å². The van der Waals surface area contributed by atoms with Gasteiger partial charge in [-0.25, -0.2) is 0 Å². The fraction of sp³-hybridized carbons (Fsp3) is 0.200. The number of methoxy groups -OCH3 is 1. The molecule has 0 aromatic heterocycles. The molecule has 0 aliphatic carbocycles. The van der Waals surface area contributed by atoms with E-state index in [9.17, 15) is 0 Å². The summed E-state index contributed by atoms with van der Waals surface area (Å²) in [6.07, 6.45) is 0. The van der Waals surface area contributed by atoms with E-state index in [4.69, 9.17) is 22.1 Å². The van der Waals surface area contributed by atoms with Gasteiger partial charge in [0.2, 0.25) is 0 Å². The number of hydrogen-bond acceptors (Lipinski definition) is 3. The normalized spacial score (nSPS) is 12.0. The Bertz CT molecular complexity index is 592. The van der Waals surface area contributed by atoms with Crippen LogP contribution in [0.4, 0.5) is 5.69 Å². The second-order valence-corrected chi connectivity index (χ2v) is 5.65. The third kappa shape index (κ3) is 3.66. The van der Waals surface area contributed by atoms with Crippen LogP contribution in [0.2, 0.25) is 5.02 Å². The number of halogens is 2. The summed E-state index contributed by atoms with van der Waals surface area (Å²) in [7, 11) is 1.64. The smallest absolute Gasteiger partial charge is 0.120 e. The Morgan fingerprint density at radius 2 is 2.10 bits per heavy atom. The standard InChI is InChI=1S/C15H16BrClN2O/c1-20-12-4-2-3-11(8-12)19-15(9-18)13-6-5-10(16)7-14(13)17/h2-8,15,19H,9,18H2,1H3. The highest BCUT2D eigenvalue weighted by Gasteiger charge is 2.13. The molecular weight excluding hydrogens is 340 g/mol. The Morgan fingerprint density at radius 1 is 1.30 bits per heavy atom. The van der Waals surface area contributed by atoms with Gasteiger partial charge >= 0.3 is 0 Å². The second kappa shape index (κ2) is 6.97. The molecule has 1 unspecified atom stereocenters. The van der Waals surface area contributed by atoms with E-state index < -0.39 is 0 Å². The molecule has 0 fully saturated rings. The summed E-state index contributed by atoms with van der Waals surface area (Å²) in [5, 5.41) is 4.06. The van der Waals surface area contributed by atoms with E-state index in [0.29, 0.717) is 11.6 Å². The van der Waals surface area contributed by atoms with E-state index in [1.54, 1.807) is 7.11 Å². The zero-order valence-corrected chi connectivity index (χ0v) is 13.4. The summed E-state index contributed by atoms with van der Waals surface area (Å²) in [5.41, 5.74) is 7.78. The summed E-state index contributed by atoms with van der Waals surface area (Å²) >= 11 is 9.68. The predicted molar refractivity (Wildman–Crippen MR) is 87.6 cm³/mol. The number of anilines is 1. The second-order valence-electron chi connectivity index (χ2n) is 4.33. The number of benzene rings is 2. The lowest BCUT2D eigenvalue weighted by Gasteiger charge is -2.20. The van der Waals surface area contributed by atoms with Crippen molar-refractivity contribution in [1.29, 1.82) is 0 Å². The van der Waals surface area contributed by atoms with Crippen molar-refractivity contribution in [2.24, 2.45) is 5.73 Å². The highest BCUT2D eigenvalue weighted by atomic mass is 79.9. The minimum absolute atomic E-state index is 0.0530. The fourth-order valence-electron chi connectivity index (χ4n) is 1.96. The van der Waals surface area contributed by atoms with Gasteiger partial charge in [0.05, 0.1) is 13.2 Å². The van der Waals surface area contributed by atoms with Gasteiger partial charge in [-0.2, -0.15) is 0 Å². The summed E-state index contributed by atoms with van der Waals surface area (Å²) in [4.78, 5) is 0. The Hall–Kier alpha value is -1.23. The van der Waals surface area contributed by atoms with Crippen molar-refractivity contribution in [3.8, 4) is 5.75 Å². The SMILES string of the molecule is COc1cccc(NC(CN)c2ccc(Br)cc2Cl)c1. The molecule has 5 heteroatoms. The first-order valence-corrected chi connectivity index (χ1v) is 7.36. The molecule has 3 nitrogen and oxygen atoms in total. The molecular formula is C15H16BrClN2O. The van der Waals surface area contributed by atoms with Crippen LogP contribution in [-0.4, -0.2) is 13.7 Å². The van der Waals surface area contributed by atoms with Gasteiger partial charge in [0.1, 0.15) is 5.75 Å². The van der Waals surface area contributed by atoms with Crippen LogP contribution in [-0.2, 0) is 0 Å². The van der Waals surface area contributed by atoms with Crippen LogP contribution >= 0.6 is 27.5 Å². The molecule has 0 saturated heterocycles. The Kier molecular flexibility index (Phi) is 5.29. The van der Waals surface area contributed by atoms with Gasteiger partial charge in [-0.3, -0.25) is 0 Å². The van der Waals surface area contributed by atoms with E-state index in [1.165, 1.54) is 0 Å². The lowest BCUT2D eigenvalue weighted by Crippen LogP contribution is -2.21. The zero-order chi connectivity index (χ0) is 14.5. The molecule has 0 amide bonds. The minimum Gasteiger partial charge on any atom is -0.497 e. The number of ether oxygens (including phenoxy) is 1. The first-order chi connectivity index (χ1) is 9.63. The highest BCUT2D eigenvalue weighted by Crippen LogP contribution is 2.29. The fourth-order valence-corrected chi connectivity index (χ4v) is 2.77. The largest absolute Gasteiger partial charge is 0.497 e. The molecule has 0 spiro atoms. The lowest BCUT2D eigenvalue weighted by molar-refractivity contribution is 0.415. The molecule has 2 aromatic rings. The van der Waals surface area contributed by atoms with E-state index in [-0.39, 0.29) is 6.04 Å². The van der Waals surface area contributed by atoms with Crippen LogP contribution < -0.4 is 15.8 Å². The topological polar surface area (TPSA) is 47.3 Å². The zero-order valence-electron chi connectivity index (χ0n) is 11.1. The molecule has 0 radical (unpaired) electrons. The average Bonchev–Trinajstić information content (AvgIpc) is 2.45. The average molecular weight is 356 g/mol. The maximum absolute atomic E-state index is 6.28. The third-order valence-electron chi connectivity index (χ3n) is 2.98. The number of nitrogens with two attached hydrogens (primary N) is 1. The molecule has 0 heterocycles. The molecule has 2 aromatic carbocycles. The first kappa shape index (κ1) is 15.2. The monoisotopic (exact) mass is 354 g/mol. The Balaban J connectivity index is 2.23. The summed E-state index contributed by atoms with van der Waals surface area (Å²) in [6, 6.07) is 13.5. The molecule has 3 N–H and O–H groups in total. The van der Waals surface area contributed by atoms with Crippen LogP contribution in [0.5, 0.6) is 5.75 Å². The molecule has 106 valence electrons. The van der Waals surface area contributed by atoms with Gasteiger partial charge < -0.3 is 15.8 Å². The highest BCUT2D eigenvalue weighted by molar-refractivity contribution is 9.10. The van der Waals surface area contributed by atoms with Crippen molar-refractivity contribution < 1.29 is 4.74 Å². The molecule has 0 bridgehead atoms. The van der Waals surface area contributed by atoms with Crippen molar-refractivity contribution in [3.05, 3.63) is 57.5 Å². The number of hydrogen-bond donors (Lipinski definition) is 2. The van der Waals surface area contributed by atoms with Gasteiger partial charge in [0, 0.05) is 27.8 Å². The van der Waals surface area contributed by atoms with Crippen LogP contribution in [0.25, 0.3) is 0 Å². The third-order valence-corrected chi connectivity index (χ3v) is 3.80. The number of nitrogens with one attached hydrogen (secondary N) is 1. The molecule has 0 aliphatic rings. The van der Waals surface area contributed by atoms with E-state index in [0.717, 1.165) is 21.5 Å².